The van der Waals surface area contributed by atoms with Gasteiger partial charge in [0.1, 0.15) is 0 Å². The quantitative estimate of drug-likeness (QED) is 0.836. The van der Waals surface area contributed by atoms with E-state index in [4.69, 9.17) is 5.11 Å². The first-order chi connectivity index (χ1) is 9.90. The van der Waals surface area contributed by atoms with Gasteiger partial charge in [0, 0.05) is 38.0 Å². The van der Waals surface area contributed by atoms with Crippen LogP contribution in [0.15, 0.2) is 0 Å². The van der Waals surface area contributed by atoms with Crippen LogP contribution in [0, 0.1) is 17.8 Å². The van der Waals surface area contributed by atoms with E-state index in [9.17, 15) is 14.4 Å². The molecule has 0 aromatic heterocycles. The first kappa shape index (κ1) is 15.8. The molecule has 1 N–H and O–H groups in total. The van der Waals surface area contributed by atoms with Crippen LogP contribution >= 0.6 is 0 Å². The van der Waals surface area contributed by atoms with E-state index < -0.39 is 5.97 Å². The van der Waals surface area contributed by atoms with Crippen molar-refractivity contribution in [2.75, 3.05) is 26.2 Å². The third-order valence-corrected chi connectivity index (χ3v) is 4.53. The van der Waals surface area contributed by atoms with Gasteiger partial charge in [-0.2, -0.15) is 0 Å². The highest BCUT2D eigenvalue weighted by molar-refractivity contribution is 5.82. The molecule has 2 atom stereocenters. The smallest absolute Gasteiger partial charge is 0.306 e. The van der Waals surface area contributed by atoms with E-state index in [1.165, 1.54) is 0 Å². The van der Waals surface area contributed by atoms with E-state index in [1.54, 1.807) is 4.90 Å². The summed E-state index contributed by atoms with van der Waals surface area (Å²) in [6, 6.07) is 0. The Morgan fingerprint density at radius 1 is 0.952 bits per heavy atom. The molecule has 0 aromatic rings. The van der Waals surface area contributed by atoms with Crippen molar-refractivity contribution in [3.8, 4) is 0 Å². The Balaban J connectivity index is 1.84. The lowest BCUT2D eigenvalue weighted by Crippen LogP contribution is -2.52. The van der Waals surface area contributed by atoms with Crippen molar-refractivity contribution in [1.29, 1.82) is 0 Å². The van der Waals surface area contributed by atoms with Crippen LogP contribution in [0.3, 0.4) is 0 Å². The minimum absolute atomic E-state index is 0.0154. The number of hydrogen-bond acceptors (Lipinski definition) is 3. The fraction of sp³-hybridized carbons (Fsp3) is 0.800. The van der Waals surface area contributed by atoms with Crippen molar-refractivity contribution < 1.29 is 19.5 Å². The van der Waals surface area contributed by atoms with Gasteiger partial charge in [0.05, 0.1) is 5.92 Å². The predicted octanol–water partition coefficient (Wildman–Crippen LogP) is 0.814. The summed E-state index contributed by atoms with van der Waals surface area (Å²) in [4.78, 5) is 38.9. The topological polar surface area (TPSA) is 77.9 Å². The Kier molecular flexibility index (Phi) is 4.85. The second-order valence-corrected chi connectivity index (χ2v) is 6.35. The SMILES string of the molecule is CC(C)C(=O)N1CCN(C(=O)[C@@H]2CC[C@H](C(=O)O)C2)CC1. The molecule has 2 rings (SSSR count). The minimum Gasteiger partial charge on any atom is -0.481 e. The Morgan fingerprint density at radius 3 is 1.95 bits per heavy atom. The van der Waals surface area contributed by atoms with E-state index in [2.05, 4.69) is 0 Å². The fourth-order valence-electron chi connectivity index (χ4n) is 3.20. The third kappa shape index (κ3) is 3.54. The summed E-state index contributed by atoms with van der Waals surface area (Å²) >= 11 is 0. The molecule has 1 heterocycles. The van der Waals surface area contributed by atoms with E-state index >= 15 is 0 Å². The summed E-state index contributed by atoms with van der Waals surface area (Å²) in [5.41, 5.74) is 0. The van der Waals surface area contributed by atoms with Gasteiger partial charge in [0.2, 0.25) is 11.8 Å². The molecule has 0 radical (unpaired) electrons. The highest BCUT2D eigenvalue weighted by atomic mass is 16.4. The lowest BCUT2D eigenvalue weighted by Gasteiger charge is -2.36. The average Bonchev–Trinajstić information content (AvgIpc) is 2.96. The molecule has 2 fully saturated rings. The Morgan fingerprint density at radius 2 is 1.48 bits per heavy atom. The zero-order valence-corrected chi connectivity index (χ0v) is 12.7. The predicted molar refractivity (Wildman–Crippen MR) is 76.5 cm³/mol. The zero-order valence-electron chi connectivity index (χ0n) is 12.7. The maximum atomic E-state index is 12.4. The van der Waals surface area contributed by atoms with E-state index in [0.29, 0.717) is 45.4 Å². The summed E-state index contributed by atoms with van der Waals surface area (Å²) in [6.07, 6.45) is 1.72. The van der Waals surface area contributed by atoms with Gasteiger partial charge in [-0.15, -0.1) is 0 Å². The molecule has 0 bridgehead atoms. The van der Waals surface area contributed by atoms with Crippen molar-refractivity contribution in [2.24, 2.45) is 17.8 Å². The second kappa shape index (κ2) is 6.45. The largest absolute Gasteiger partial charge is 0.481 e. The zero-order chi connectivity index (χ0) is 15.6. The van der Waals surface area contributed by atoms with Crippen molar-refractivity contribution in [3.05, 3.63) is 0 Å². The van der Waals surface area contributed by atoms with Gasteiger partial charge >= 0.3 is 5.97 Å². The molecule has 118 valence electrons. The van der Waals surface area contributed by atoms with Gasteiger partial charge in [-0.05, 0) is 19.3 Å². The van der Waals surface area contributed by atoms with Crippen molar-refractivity contribution in [1.82, 2.24) is 9.80 Å². The number of carboxylic acids is 1. The third-order valence-electron chi connectivity index (χ3n) is 4.53. The minimum atomic E-state index is -0.794. The number of carboxylic acid groups (broad SMARTS) is 1. The molecule has 0 aromatic carbocycles. The highest BCUT2D eigenvalue weighted by Gasteiger charge is 2.37. The monoisotopic (exact) mass is 296 g/mol. The Bertz CT molecular complexity index is 427. The van der Waals surface area contributed by atoms with Crippen molar-refractivity contribution in [2.45, 2.75) is 33.1 Å². The second-order valence-electron chi connectivity index (χ2n) is 6.35. The lowest BCUT2D eigenvalue weighted by atomic mass is 10.0. The van der Waals surface area contributed by atoms with Crippen molar-refractivity contribution in [3.63, 3.8) is 0 Å². The van der Waals surface area contributed by atoms with Crippen molar-refractivity contribution >= 4 is 17.8 Å². The molecule has 0 spiro atoms. The van der Waals surface area contributed by atoms with Crippen LogP contribution < -0.4 is 0 Å². The molecule has 1 saturated heterocycles. The summed E-state index contributed by atoms with van der Waals surface area (Å²) in [6.45, 7) is 6.04. The average molecular weight is 296 g/mol. The molecule has 1 aliphatic carbocycles. The number of piperazine rings is 1. The van der Waals surface area contributed by atoms with Gasteiger partial charge in [0.15, 0.2) is 0 Å². The van der Waals surface area contributed by atoms with Gasteiger partial charge in [-0.25, -0.2) is 0 Å². The standard InChI is InChI=1S/C15H24N2O4/c1-10(2)13(18)16-5-7-17(8-6-16)14(19)11-3-4-12(9-11)15(20)21/h10-12H,3-9H2,1-2H3,(H,20,21)/t11-,12+/m1/s1. The van der Waals surface area contributed by atoms with Gasteiger partial charge < -0.3 is 14.9 Å². The molecule has 6 nitrogen and oxygen atoms in total. The van der Waals surface area contributed by atoms with E-state index in [0.717, 1.165) is 0 Å². The molecular formula is C15H24N2O4. The molecule has 1 saturated carbocycles. The number of aliphatic carboxylic acids is 1. The van der Waals surface area contributed by atoms with Crippen LogP contribution in [0.4, 0.5) is 0 Å². The summed E-state index contributed by atoms with van der Waals surface area (Å²) in [7, 11) is 0. The normalized spacial score (nSPS) is 26.2. The fourth-order valence-corrected chi connectivity index (χ4v) is 3.20. The number of nitrogens with zero attached hydrogens (tertiary/aromatic N) is 2. The van der Waals surface area contributed by atoms with E-state index in [-0.39, 0.29) is 29.6 Å². The van der Waals surface area contributed by atoms with Gasteiger partial charge in [-0.1, -0.05) is 13.8 Å². The first-order valence-electron chi connectivity index (χ1n) is 7.70. The Labute approximate surface area is 125 Å². The number of carbonyl (C=O) groups excluding carboxylic acids is 2. The highest BCUT2D eigenvalue weighted by Crippen LogP contribution is 2.32. The van der Waals surface area contributed by atoms with Crippen LogP contribution in [-0.2, 0) is 14.4 Å². The molecule has 2 aliphatic rings. The maximum Gasteiger partial charge on any atom is 0.306 e. The summed E-state index contributed by atoms with van der Waals surface area (Å²) < 4.78 is 0. The van der Waals surface area contributed by atoms with Crippen LogP contribution in [0.2, 0.25) is 0 Å². The number of rotatable bonds is 3. The van der Waals surface area contributed by atoms with Crippen LogP contribution in [0.25, 0.3) is 0 Å². The molecular weight excluding hydrogens is 272 g/mol. The lowest BCUT2D eigenvalue weighted by molar-refractivity contribution is -0.144. The first-order valence-corrected chi connectivity index (χ1v) is 7.70. The molecule has 0 unspecified atom stereocenters. The Hall–Kier alpha value is -1.59. The summed E-state index contributed by atoms with van der Waals surface area (Å²) in [5.74, 6) is -1.14. The van der Waals surface area contributed by atoms with Gasteiger partial charge in [0.25, 0.3) is 0 Å². The summed E-state index contributed by atoms with van der Waals surface area (Å²) in [5, 5.41) is 9.00. The maximum absolute atomic E-state index is 12.4. The van der Waals surface area contributed by atoms with Crippen LogP contribution in [0.1, 0.15) is 33.1 Å². The number of hydrogen-bond donors (Lipinski definition) is 1. The van der Waals surface area contributed by atoms with Crippen LogP contribution in [-0.4, -0.2) is 58.9 Å². The number of amides is 2. The molecule has 6 heteroatoms. The molecule has 1 aliphatic heterocycles. The molecule has 21 heavy (non-hydrogen) atoms. The van der Waals surface area contributed by atoms with Gasteiger partial charge in [-0.3, -0.25) is 14.4 Å². The van der Waals surface area contributed by atoms with E-state index in [1.807, 2.05) is 18.7 Å². The molecule has 2 amide bonds. The van der Waals surface area contributed by atoms with Crippen LogP contribution in [0.5, 0.6) is 0 Å². The number of carbonyl (C=O) groups is 3.